The SMILES string of the molecule is CC[C@@H]1O[C@H](CO)[C@@H](O[C@@H]2OC(CO)[C@H](O)C(O)C2O)C(O[C@@H]2OC(C)[C@@H](O)C(O)C2O)C1NC(C)=O. The first-order valence-electron chi connectivity index (χ1n) is 12.3. The van der Waals surface area contributed by atoms with Crippen molar-refractivity contribution < 1.29 is 69.3 Å². The lowest BCUT2D eigenvalue weighted by atomic mass is 9.90. The standard InChI is InChI=1S/C22H39NO14/c1-4-9-12(23-8(3)26)20(37-21-17(31)15(29)13(27)7(2)33-21)19(11(6-25)34-9)36-22-18(32)16(30)14(28)10(5-24)35-22/h7,9-22,24-25,27-32H,4-6H2,1-3H3,(H,23,26)/t7?,9-,10?,11+,12?,13+,14-,15?,16?,17?,18?,19+,20?,21-,22-/m0/s1. The Balaban J connectivity index is 1.95. The lowest BCUT2D eigenvalue weighted by Crippen LogP contribution is -2.69. The summed E-state index contributed by atoms with van der Waals surface area (Å²) < 4.78 is 28.9. The number of carbonyl (C=O) groups excluding carboxylic acids is 1. The minimum Gasteiger partial charge on any atom is -0.394 e. The number of rotatable bonds is 8. The third-order valence-corrected chi connectivity index (χ3v) is 6.99. The smallest absolute Gasteiger partial charge is 0.217 e. The highest BCUT2D eigenvalue weighted by molar-refractivity contribution is 5.73. The molecule has 0 aromatic carbocycles. The third kappa shape index (κ3) is 6.41. The van der Waals surface area contributed by atoms with Crippen LogP contribution < -0.4 is 5.32 Å². The topological polar surface area (TPSA) is 237 Å². The van der Waals surface area contributed by atoms with Crippen LogP contribution in [0, 0.1) is 0 Å². The molecule has 3 aliphatic rings. The van der Waals surface area contributed by atoms with Gasteiger partial charge in [-0.25, -0.2) is 0 Å². The number of ether oxygens (including phenoxy) is 5. The van der Waals surface area contributed by atoms with Gasteiger partial charge in [-0.15, -0.1) is 0 Å². The Kier molecular flexibility index (Phi) is 10.6. The molecule has 0 aromatic heterocycles. The molecule has 0 aliphatic carbocycles. The Morgan fingerprint density at radius 2 is 1.27 bits per heavy atom. The number of carbonyl (C=O) groups is 1. The number of hydrogen-bond donors (Lipinski definition) is 9. The van der Waals surface area contributed by atoms with Crippen LogP contribution in [0.2, 0.25) is 0 Å². The molecule has 3 heterocycles. The highest BCUT2D eigenvalue weighted by Gasteiger charge is 2.53. The quantitative estimate of drug-likeness (QED) is 0.140. The molecule has 3 saturated heterocycles. The summed E-state index contributed by atoms with van der Waals surface area (Å²) in [5, 5.41) is 83.8. The zero-order chi connectivity index (χ0) is 27.6. The second-order valence-electron chi connectivity index (χ2n) is 9.61. The maximum Gasteiger partial charge on any atom is 0.217 e. The van der Waals surface area contributed by atoms with Gasteiger partial charge in [-0.2, -0.15) is 0 Å². The summed E-state index contributed by atoms with van der Waals surface area (Å²) in [5.74, 6) is -0.469. The van der Waals surface area contributed by atoms with E-state index < -0.39 is 111 Å². The van der Waals surface area contributed by atoms with Crippen LogP contribution in [0.1, 0.15) is 27.2 Å². The Morgan fingerprint density at radius 1 is 0.730 bits per heavy atom. The van der Waals surface area contributed by atoms with Crippen LogP contribution in [0.4, 0.5) is 0 Å². The van der Waals surface area contributed by atoms with Gasteiger partial charge in [0.1, 0.15) is 61.0 Å². The van der Waals surface area contributed by atoms with Crippen LogP contribution in [0.3, 0.4) is 0 Å². The summed E-state index contributed by atoms with van der Waals surface area (Å²) in [6, 6.07) is -0.949. The van der Waals surface area contributed by atoms with Gasteiger partial charge < -0.3 is 69.9 Å². The fourth-order valence-corrected chi connectivity index (χ4v) is 4.86. The molecular formula is C22H39NO14. The van der Waals surface area contributed by atoms with Crippen LogP contribution in [-0.2, 0) is 28.5 Å². The fraction of sp³-hybridized carbons (Fsp3) is 0.955. The number of aliphatic hydroxyl groups excluding tert-OH is 8. The molecule has 3 aliphatic heterocycles. The molecule has 9 N–H and O–H groups in total. The van der Waals surface area contributed by atoms with Crippen molar-refractivity contribution in [2.75, 3.05) is 13.2 Å². The molecule has 1 amide bonds. The number of hydrogen-bond acceptors (Lipinski definition) is 14. The predicted molar refractivity (Wildman–Crippen MR) is 120 cm³/mol. The molecule has 216 valence electrons. The molecule has 3 rings (SSSR count). The zero-order valence-corrected chi connectivity index (χ0v) is 20.8. The largest absolute Gasteiger partial charge is 0.394 e. The molecule has 15 atom stereocenters. The van der Waals surface area contributed by atoms with Crippen molar-refractivity contribution >= 4 is 5.91 Å². The first-order chi connectivity index (χ1) is 17.4. The Morgan fingerprint density at radius 3 is 1.81 bits per heavy atom. The van der Waals surface area contributed by atoms with E-state index in [2.05, 4.69) is 5.32 Å². The molecule has 0 spiro atoms. The van der Waals surface area contributed by atoms with E-state index in [-0.39, 0.29) is 0 Å². The minimum atomic E-state index is -1.78. The lowest BCUT2D eigenvalue weighted by molar-refractivity contribution is -0.361. The lowest BCUT2D eigenvalue weighted by Gasteiger charge is -2.50. The van der Waals surface area contributed by atoms with Crippen molar-refractivity contribution in [3.63, 3.8) is 0 Å². The summed E-state index contributed by atoms with van der Waals surface area (Å²) in [7, 11) is 0. The molecule has 0 radical (unpaired) electrons. The van der Waals surface area contributed by atoms with E-state index in [9.17, 15) is 45.6 Å². The molecule has 15 nitrogen and oxygen atoms in total. The summed E-state index contributed by atoms with van der Waals surface area (Å²) in [6.07, 6.45) is -19.3. The molecular weight excluding hydrogens is 502 g/mol. The van der Waals surface area contributed by atoms with Gasteiger partial charge in [-0.1, -0.05) is 6.92 Å². The van der Waals surface area contributed by atoms with Gasteiger partial charge in [0.15, 0.2) is 12.6 Å². The van der Waals surface area contributed by atoms with Gasteiger partial charge >= 0.3 is 0 Å². The van der Waals surface area contributed by atoms with Gasteiger partial charge in [0.25, 0.3) is 0 Å². The van der Waals surface area contributed by atoms with E-state index >= 15 is 0 Å². The summed E-state index contributed by atoms with van der Waals surface area (Å²) in [5.41, 5.74) is 0. The third-order valence-electron chi connectivity index (χ3n) is 6.99. The molecule has 0 bridgehead atoms. The van der Waals surface area contributed by atoms with Crippen LogP contribution in [0.25, 0.3) is 0 Å². The van der Waals surface area contributed by atoms with Crippen molar-refractivity contribution in [3.8, 4) is 0 Å². The van der Waals surface area contributed by atoms with Crippen LogP contribution in [-0.4, -0.2) is 152 Å². The Labute approximate surface area is 213 Å². The Bertz CT molecular complexity index is 744. The second-order valence-corrected chi connectivity index (χ2v) is 9.61. The maximum atomic E-state index is 12.1. The van der Waals surface area contributed by atoms with E-state index in [1.54, 1.807) is 6.92 Å². The molecule has 8 unspecified atom stereocenters. The average molecular weight is 542 g/mol. The predicted octanol–water partition coefficient (Wildman–Crippen LogP) is -4.94. The van der Waals surface area contributed by atoms with E-state index in [1.807, 2.05) is 0 Å². The van der Waals surface area contributed by atoms with Crippen LogP contribution >= 0.6 is 0 Å². The van der Waals surface area contributed by atoms with Gasteiger partial charge in [-0.05, 0) is 13.3 Å². The van der Waals surface area contributed by atoms with Crippen molar-refractivity contribution in [1.82, 2.24) is 5.32 Å². The number of aliphatic hydroxyl groups is 8. The van der Waals surface area contributed by atoms with Crippen molar-refractivity contribution in [1.29, 1.82) is 0 Å². The van der Waals surface area contributed by atoms with Gasteiger partial charge in [0.05, 0.1) is 31.5 Å². The maximum absolute atomic E-state index is 12.1. The van der Waals surface area contributed by atoms with E-state index in [0.29, 0.717) is 6.42 Å². The summed E-state index contributed by atoms with van der Waals surface area (Å²) >= 11 is 0. The van der Waals surface area contributed by atoms with Gasteiger partial charge in [0, 0.05) is 6.92 Å². The van der Waals surface area contributed by atoms with Gasteiger partial charge in [0.2, 0.25) is 5.91 Å². The Hall–Kier alpha value is -1.05. The van der Waals surface area contributed by atoms with Crippen LogP contribution in [0.15, 0.2) is 0 Å². The fourth-order valence-electron chi connectivity index (χ4n) is 4.86. The van der Waals surface area contributed by atoms with Crippen molar-refractivity contribution in [2.45, 2.75) is 119 Å². The zero-order valence-electron chi connectivity index (χ0n) is 20.8. The van der Waals surface area contributed by atoms with Crippen molar-refractivity contribution in [2.24, 2.45) is 0 Å². The highest BCUT2D eigenvalue weighted by atomic mass is 16.7. The summed E-state index contributed by atoms with van der Waals surface area (Å²) in [4.78, 5) is 12.1. The van der Waals surface area contributed by atoms with Crippen LogP contribution in [0.5, 0.6) is 0 Å². The second kappa shape index (κ2) is 12.9. The molecule has 0 saturated carbocycles. The number of amides is 1. The monoisotopic (exact) mass is 541 g/mol. The molecule has 37 heavy (non-hydrogen) atoms. The van der Waals surface area contributed by atoms with E-state index in [0.717, 1.165) is 0 Å². The van der Waals surface area contributed by atoms with E-state index in [1.165, 1.54) is 13.8 Å². The first kappa shape index (κ1) is 30.5. The highest BCUT2D eigenvalue weighted by Crippen LogP contribution is 2.34. The number of nitrogens with one attached hydrogen (secondary N) is 1. The minimum absolute atomic E-state index is 0.347. The normalized spacial score (nSPS) is 49.0. The van der Waals surface area contributed by atoms with E-state index in [4.69, 9.17) is 23.7 Å². The molecule has 15 heteroatoms. The summed E-state index contributed by atoms with van der Waals surface area (Å²) in [6.45, 7) is 3.15. The van der Waals surface area contributed by atoms with Gasteiger partial charge in [-0.3, -0.25) is 4.79 Å². The molecule has 3 fully saturated rings. The molecule has 0 aromatic rings. The average Bonchev–Trinajstić information content (AvgIpc) is 2.87. The first-order valence-corrected chi connectivity index (χ1v) is 12.3. The van der Waals surface area contributed by atoms with Crippen molar-refractivity contribution in [3.05, 3.63) is 0 Å².